The molecule has 4 heteroatoms. The van der Waals surface area contributed by atoms with E-state index >= 15 is 0 Å². The topological polar surface area (TPSA) is 9.23 Å². The molecule has 0 saturated heterocycles. The molecule has 0 aromatic rings. The van der Waals surface area contributed by atoms with Gasteiger partial charge in [0, 0.05) is 16.5 Å². The molecule has 0 aliphatic carbocycles. The molecule has 0 aromatic carbocycles. The molecule has 0 aliphatic heterocycles. The van der Waals surface area contributed by atoms with E-state index in [0.717, 1.165) is 17.3 Å². The van der Waals surface area contributed by atoms with Crippen molar-refractivity contribution in [3.8, 4) is 0 Å². The molecule has 0 aliphatic rings. The zero-order valence-corrected chi connectivity index (χ0v) is 8.88. The van der Waals surface area contributed by atoms with Crippen molar-refractivity contribution >= 4 is 43.5 Å². The molecular formula is C5H9Br2ClO. The van der Waals surface area contributed by atoms with Crippen molar-refractivity contribution in [3.05, 3.63) is 0 Å². The predicted octanol–water partition coefficient (Wildman–Crippen LogP) is 2.40. The standard InChI is InChI=1S/C5H9Br2ClO/c6-1-2-9-5(3-7)4-8/h5H,1-4H2. The second-order valence-electron chi connectivity index (χ2n) is 1.49. The normalized spacial score (nSPS) is 13.7. The van der Waals surface area contributed by atoms with Crippen molar-refractivity contribution < 1.29 is 4.74 Å². The number of rotatable bonds is 5. The van der Waals surface area contributed by atoms with Crippen LogP contribution in [0, 0.1) is 0 Å². The summed E-state index contributed by atoms with van der Waals surface area (Å²) in [6.07, 6.45) is 0.157. The van der Waals surface area contributed by atoms with E-state index in [1.165, 1.54) is 0 Å². The fraction of sp³-hybridized carbons (Fsp3) is 1.00. The molecule has 56 valence electrons. The molecule has 1 atom stereocenters. The van der Waals surface area contributed by atoms with Gasteiger partial charge in [0.2, 0.25) is 0 Å². The Morgan fingerprint density at radius 1 is 1.44 bits per heavy atom. The molecule has 9 heavy (non-hydrogen) atoms. The first kappa shape index (κ1) is 10.2. The van der Waals surface area contributed by atoms with E-state index in [1.54, 1.807) is 0 Å². The average molecular weight is 280 g/mol. The van der Waals surface area contributed by atoms with Crippen LogP contribution in [0.1, 0.15) is 0 Å². The predicted molar refractivity (Wildman–Crippen MR) is 48.0 cm³/mol. The first-order valence-electron chi connectivity index (χ1n) is 2.64. The van der Waals surface area contributed by atoms with E-state index in [4.69, 9.17) is 16.3 Å². The van der Waals surface area contributed by atoms with Crippen molar-refractivity contribution in [2.75, 3.05) is 23.1 Å². The van der Waals surface area contributed by atoms with Crippen LogP contribution in [0.4, 0.5) is 0 Å². The lowest BCUT2D eigenvalue weighted by Gasteiger charge is -2.09. The van der Waals surface area contributed by atoms with E-state index in [0.29, 0.717) is 5.88 Å². The molecule has 0 radical (unpaired) electrons. The molecular weight excluding hydrogens is 271 g/mol. The van der Waals surface area contributed by atoms with Crippen LogP contribution < -0.4 is 0 Å². The van der Waals surface area contributed by atoms with Crippen molar-refractivity contribution in [2.24, 2.45) is 0 Å². The molecule has 0 rings (SSSR count). The highest BCUT2D eigenvalue weighted by atomic mass is 79.9. The molecule has 0 aromatic heterocycles. The third kappa shape index (κ3) is 5.64. The fourth-order valence-corrected chi connectivity index (χ4v) is 1.41. The summed E-state index contributed by atoms with van der Waals surface area (Å²) >= 11 is 12.1. The third-order valence-electron chi connectivity index (χ3n) is 0.775. The smallest absolute Gasteiger partial charge is 0.0807 e. The van der Waals surface area contributed by atoms with E-state index in [9.17, 15) is 0 Å². The SMILES string of the molecule is ClCC(CBr)OCCBr. The molecule has 0 heterocycles. The van der Waals surface area contributed by atoms with Gasteiger partial charge in [0.25, 0.3) is 0 Å². The van der Waals surface area contributed by atoms with Crippen LogP contribution in [0.3, 0.4) is 0 Å². The summed E-state index contributed by atoms with van der Waals surface area (Å²) in [5.41, 5.74) is 0. The van der Waals surface area contributed by atoms with Crippen LogP contribution in [0.15, 0.2) is 0 Å². The number of halogens is 3. The Bertz CT molecular complexity index is 58.9. The Morgan fingerprint density at radius 2 is 2.11 bits per heavy atom. The van der Waals surface area contributed by atoms with Crippen LogP contribution >= 0.6 is 43.5 Å². The Hall–Kier alpha value is 1.21. The summed E-state index contributed by atoms with van der Waals surface area (Å²) < 4.78 is 5.26. The quantitative estimate of drug-likeness (QED) is 0.703. The second-order valence-corrected chi connectivity index (χ2v) is 3.24. The first-order chi connectivity index (χ1) is 4.35. The van der Waals surface area contributed by atoms with E-state index < -0.39 is 0 Å². The van der Waals surface area contributed by atoms with Gasteiger partial charge in [-0.15, -0.1) is 11.6 Å². The Morgan fingerprint density at radius 3 is 2.44 bits per heavy atom. The lowest BCUT2D eigenvalue weighted by molar-refractivity contribution is 0.0990. The lowest BCUT2D eigenvalue weighted by Crippen LogP contribution is -2.17. The van der Waals surface area contributed by atoms with Crippen LogP contribution in [-0.2, 0) is 4.74 Å². The van der Waals surface area contributed by atoms with Gasteiger partial charge in [-0.25, -0.2) is 0 Å². The second kappa shape index (κ2) is 7.32. The Labute approximate surface area is 77.4 Å². The van der Waals surface area contributed by atoms with Gasteiger partial charge < -0.3 is 4.74 Å². The first-order valence-corrected chi connectivity index (χ1v) is 5.42. The zero-order chi connectivity index (χ0) is 7.11. The van der Waals surface area contributed by atoms with Gasteiger partial charge >= 0.3 is 0 Å². The highest BCUT2D eigenvalue weighted by Crippen LogP contribution is 1.99. The van der Waals surface area contributed by atoms with Crippen molar-refractivity contribution in [3.63, 3.8) is 0 Å². The van der Waals surface area contributed by atoms with Crippen molar-refractivity contribution in [2.45, 2.75) is 6.10 Å². The number of hydrogen-bond acceptors (Lipinski definition) is 1. The summed E-state index contributed by atoms with van der Waals surface area (Å²) in [5, 5.41) is 1.68. The van der Waals surface area contributed by atoms with Gasteiger partial charge in [0.15, 0.2) is 0 Å². The average Bonchev–Trinajstić information content (AvgIpc) is 1.91. The minimum absolute atomic E-state index is 0.157. The maximum absolute atomic E-state index is 5.53. The summed E-state index contributed by atoms with van der Waals surface area (Å²) in [5.74, 6) is 0.554. The van der Waals surface area contributed by atoms with Gasteiger partial charge in [-0.2, -0.15) is 0 Å². The minimum Gasteiger partial charge on any atom is -0.375 e. The largest absolute Gasteiger partial charge is 0.375 e. The van der Waals surface area contributed by atoms with Crippen LogP contribution in [-0.4, -0.2) is 29.3 Å². The Kier molecular flexibility index (Phi) is 8.30. The third-order valence-corrected chi connectivity index (χ3v) is 2.17. The maximum atomic E-state index is 5.53. The van der Waals surface area contributed by atoms with E-state index in [1.807, 2.05) is 0 Å². The van der Waals surface area contributed by atoms with Crippen molar-refractivity contribution in [1.29, 1.82) is 0 Å². The number of ether oxygens (including phenoxy) is 1. The molecule has 0 amide bonds. The van der Waals surface area contributed by atoms with Gasteiger partial charge in [0.1, 0.15) is 0 Å². The highest BCUT2D eigenvalue weighted by Gasteiger charge is 2.02. The van der Waals surface area contributed by atoms with Crippen LogP contribution in [0.2, 0.25) is 0 Å². The summed E-state index contributed by atoms with van der Waals surface area (Å²) in [7, 11) is 0. The van der Waals surface area contributed by atoms with Gasteiger partial charge in [-0.3, -0.25) is 0 Å². The highest BCUT2D eigenvalue weighted by molar-refractivity contribution is 9.09. The molecule has 1 unspecified atom stereocenters. The molecule has 0 spiro atoms. The monoisotopic (exact) mass is 278 g/mol. The summed E-state index contributed by atoms with van der Waals surface area (Å²) in [4.78, 5) is 0. The summed E-state index contributed by atoms with van der Waals surface area (Å²) in [6, 6.07) is 0. The fourth-order valence-electron chi connectivity index (χ4n) is 0.342. The molecule has 0 N–H and O–H groups in total. The van der Waals surface area contributed by atoms with Crippen LogP contribution in [0.5, 0.6) is 0 Å². The molecule has 1 nitrogen and oxygen atoms in total. The minimum atomic E-state index is 0.157. The van der Waals surface area contributed by atoms with Gasteiger partial charge in [-0.05, 0) is 0 Å². The lowest BCUT2D eigenvalue weighted by atomic mass is 10.5. The van der Waals surface area contributed by atoms with Gasteiger partial charge in [-0.1, -0.05) is 31.9 Å². The number of hydrogen-bond donors (Lipinski definition) is 0. The van der Waals surface area contributed by atoms with Gasteiger partial charge in [0.05, 0.1) is 12.7 Å². The molecule has 0 fully saturated rings. The summed E-state index contributed by atoms with van der Waals surface area (Å²) in [6.45, 7) is 0.725. The van der Waals surface area contributed by atoms with E-state index in [-0.39, 0.29) is 6.10 Å². The Balaban J connectivity index is 3.09. The van der Waals surface area contributed by atoms with Crippen molar-refractivity contribution in [1.82, 2.24) is 0 Å². The van der Waals surface area contributed by atoms with Crippen LogP contribution in [0.25, 0.3) is 0 Å². The number of alkyl halides is 3. The maximum Gasteiger partial charge on any atom is 0.0807 e. The van der Waals surface area contributed by atoms with E-state index in [2.05, 4.69) is 31.9 Å². The zero-order valence-electron chi connectivity index (χ0n) is 4.95. The molecule has 0 saturated carbocycles. The molecule has 0 bridgehead atoms.